The van der Waals surface area contributed by atoms with Crippen LogP contribution in [0.15, 0.2) is 0 Å². The lowest BCUT2D eigenvalue weighted by Crippen LogP contribution is -2.68. The molecule has 0 saturated heterocycles. The summed E-state index contributed by atoms with van der Waals surface area (Å²) in [5.74, 6) is 0. The van der Waals surface area contributed by atoms with Crippen molar-refractivity contribution in [1.29, 1.82) is 0 Å². The zero-order chi connectivity index (χ0) is 88.7. The first-order chi connectivity index (χ1) is 60.5. The normalized spacial score (nSPS) is 16.5. The van der Waals surface area contributed by atoms with E-state index in [2.05, 4.69) is 4.89 Å². The quantitative estimate of drug-likeness (QED) is 0.0240. The third-order valence-corrected chi connectivity index (χ3v) is 16.5. The Morgan fingerprint density at radius 1 is 0.154 bits per heavy atom. The minimum Gasteiger partial charge on any atom is -0.790 e. The second-order valence-corrected chi connectivity index (χ2v) is 27.2. The maximum atomic E-state index is 12.7. The van der Waals surface area contributed by atoms with Crippen LogP contribution >= 0.6 is 15.6 Å². The first kappa shape index (κ1) is 120. The topological polar surface area (TPSA) is 509 Å². The van der Waals surface area contributed by atoms with Gasteiger partial charge in [0.2, 0.25) is 0 Å². The van der Waals surface area contributed by atoms with E-state index in [1.165, 1.54) is 0 Å². The average molecular weight is 1850 g/mol. The highest BCUT2D eigenvalue weighted by atomic mass is 31.2. The Morgan fingerprint density at radius 2 is 0.252 bits per heavy atom. The second kappa shape index (κ2) is 96.7. The van der Waals surface area contributed by atoms with Gasteiger partial charge in [-0.1, -0.05) is 0 Å². The molecule has 0 aromatic rings. The molecule has 0 aliphatic heterocycles. The van der Waals surface area contributed by atoms with Gasteiger partial charge in [-0.05, 0) is 0 Å². The molecule has 738 valence electrons. The molecular formula is C75H147O46P2-5. The van der Waals surface area contributed by atoms with Gasteiger partial charge in [-0.25, -0.2) is 0 Å². The molecule has 0 radical (unpaired) electrons. The van der Waals surface area contributed by atoms with Gasteiger partial charge in [0.05, 0.1) is 452 Å². The molecule has 0 bridgehead atoms. The summed E-state index contributed by atoms with van der Waals surface area (Å²) in [4.78, 5) is 54.1. The van der Waals surface area contributed by atoms with E-state index in [0.29, 0.717) is 317 Å². The molecule has 0 N–H and O–H groups in total. The Hall–Kier alpha value is -1.30. The molecule has 0 amide bonds. The lowest BCUT2D eigenvalue weighted by Gasteiger charge is -2.53. The van der Waals surface area contributed by atoms with Gasteiger partial charge in [-0.2, -0.15) is 0 Å². The van der Waals surface area contributed by atoms with Crippen LogP contribution in [0.5, 0.6) is 0 Å². The van der Waals surface area contributed by atoms with Crippen molar-refractivity contribution >= 4 is 15.6 Å². The first-order valence-corrected chi connectivity index (χ1v) is 44.7. The summed E-state index contributed by atoms with van der Waals surface area (Å²) >= 11 is 0. The van der Waals surface area contributed by atoms with Crippen LogP contribution < -0.4 is 24.8 Å². The van der Waals surface area contributed by atoms with Crippen LogP contribution in [-0.2, 0) is 194 Å². The number of rotatable bonds is 107. The fraction of sp³-hybridized carbons (Fsp3) is 1.00. The van der Waals surface area contributed by atoms with Crippen LogP contribution in [0.4, 0.5) is 0 Å². The molecule has 1 aliphatic rings. The molecule has 4 unspecified atom stereocenters. The maximum Gasteiger partial charge on any atom is 0.120 e. The molecular weight excluding hydrogens is 1700 g/mol. The highest BCUT2D eigenvalue weighted by Gasteiger charge is 2.55. The molecule has 1 saturated carbocycles. The van der Waals surface area contributed by atoms with Crippen LogP contribution in [0.3, 0.4) is 0 Å². The standard InChI is InChI=1S/C75H152O46P2/c1-83-4-7-86-10-13-89-16-19-92-22-25-95-28-31-98-34-37-101-40-43-104-46-49-107-52-55-110-58-61-113-64-67-116-70-73(119-76)71(117-68-65-114-62-59-111-56-53-108-50-47-105-44-41-102-38-35-99-32-29-96-26-23-93-20-17-90-14-11-87-8-5-84-2)75(121-123(80,81)82)72(74(70)120-122(77,78)79)118-69-66-115-63-60-112-57-54-109-51-48-106-45-42-103-39-36-100-33-30-97-27-24-94-21-18-91-15-12-88-9-6-85-3/h70-76H,4-69H2,1-3H3,(H2,77,78,79)(H2,80,81,82)/p-5/t70-,71?,72?,73?,74?,75+/m1/s1. The van der Waals surface area contributed by atoms with Gasteiger partial charge in [-0.15, -0.1) is 0 Å². The third kappa shape index (κ3) is 87.1. The number of hydrogen-bond donors (Lipinski definition) is 0. The van der Waals surface area contributed by atoms with Crippen LogP contribution in [-0.4, -0.2) is 494 Å². The van der Waals surface area contributed by atoms with Crippen LogP contribution in [0.1, 0.15) is 0 Å². The summed E-state index contributed by atoms with van der Waals surface area (Å²) in [6.45, 7) is 20.5. The van der Waals surface area contributed by atoms with Gasteiger partial charge in [0, 0.05) is 21.3 Å². The number of phosphoric acid groups is 2. The minimum absolute atomic E-state index is 0.00755. The zero-order valence-corrected chi connectivity index (χ0v) is 74.6. The Kier molecular flexibility index (Phi) is 94.2. The fourth-order valence-corrected chi connectivity index (χ4v) is 10.8. The Bertz CT molecular complexity index is 2050. The molecule has 0 aromatic carbocycles. The van der Waals surface area contributed by atoms with E-state index in [1.54, 1.807) is 21.3 Å². The van der Waals surface area contributed by atoms with Crippen LogP contribution in [0.2, 0.25) is 0 Å². The third-order valence-electron chi connectivity index (χ3n) is 15.5. The largest absolute Gasteiger partial charge is 0.790 e. The van der Waals surface area contributed by atoms with Crippen molar-refractivity contribution < 1.29 is 218 Å². The van der Waals surface area contributed by atoms with E-state index in [-0.39, 0.29) is 99.1 Å². The highest BCUT2D eigenvalue weighted by molar-refractivity contribution is 7.43. The summed E-state index contributed by atoms with van der Waals surface area (Å²) in [5, 5.41) is 12.7. The Balaban J connectivity index is 2.53. The highest BCUT2D eigenvalue weighted by Crippen LogP contribution is 2.43. The number of ether oxygens (including phenoxy) is 36. The van der Waals surface area contributed by atoms with Gasteiger partial charge in [0.25, 0.3) is 0 Å². The van der Waals surface area contributed by atoms with Gasteiger partial charge >= 0.3 is 0 Å². The van der Waals surface area contributed by atoms with E-state index >= 15 is 0 Å². The van der Waals surface area contributed by atoms with E-state index < -0.39 is 72.1 Å². The second-order valence-electron chi connectivity index (χ2n) is 25.0. The predicted molar refractivity (Wildman–Crippen MR) is 419 cm³/mol. The molecule has 1 rings (SSSR count). The van der Waals surface area contributed by atoms with Gasteiger partial charge in [-0.3, -0.25) is 0 Å². The molecule has 1 fully saturated rings. The Labute approximate surface area is 725 Å². The summed E-state index contributed by atoms with van der Waals surface area (Å²) in [6, 6.07) is 0. The SMILES string of the molecule is COCCOCCOCCOCCOCCOCCOCCOCCOCCOCCOCCOC1C(O[O-])[C@@H](OCCOCCOCCOCCOCCOCCOCCOCCOCCOCCOCCOC)C(OP(=O)([O-])[O-])C(OCCOCCOCCOCCOCCOCCOCCOCCOCCOCCOCCOC)[C@H]1OP(=O)([O-])[O-]. The van der Waals surface area contributed by atoms with Crippen molar-refractivity contribution in [2.75, 3.05) is 457 Å². The van der Waals surface area contributed by atoms with E-state index in [4.69, 9.17) is 180 Å². The van der Waals surface area contributed by atoms with E-state index in [1.807, 2.05) is 0 Å². The van der Waals surface area contributed by atoms with Crippen molar-refractivity contribution in [3.8, 4) is 0 Å². The fourth-order valence-electron chi connectivity index (χ4n) is 9.74. The molecule has 46 nitrogen and oxygen atoms in total. The monoisotopic (exact) mass is 1850 g/mol. The maximum absolute atomic E-state index is 12.7. The lowest BCUT2D eigenvalue weighted by atomic mass is 9.84. The first-order valence-electron chi connectivity index (χ1n) is 41.8. The van der Waals surface area contributed by atoms with Crippen LogP contribution in [0.25, 0.3) is 0 Å². The van der Waals surface area contributed by atoms with Gasteiger partial charge in [0.1, 0.15) is 36.6 Å². The molecule has 0 heterocycles. The summed E-state index contributed by atoms with van der Waals surface area (Å²) in [5.41, 5.74) is 0. The van der Waals surface area contributed by atoms with Crippen molar-refractivity contribution in [3.05, 3.63) is 0 Å². The Morgan fingerprint density at radius 3 is 0.350 bits per heavy atom. The average Bonchev–Trinajstić information content (AvgIpc) is 0.759. The van der Waals surface area contributed by atoms with Crippen molar-refractivity contribution in [3.63, 3.8) is 0 Å². The van der Waals surface area contributed by atoms with Crippen molar-refractivity contribution in [1.82, 2.24) is 0 Å². The van der Waals surface area contributed by atoms with Crippen molar-refractivity contribution in [2.45, 2.75) is 36.6 Å². The number of methoxy groups -OCH3 is 3. The summed E-state index contributed by atoms with van der Waals surface area (Å²) in [6.07, 6.45) is -12.1. The van der Waals surface area contributed by atoms with Gasteiger partial charge < -0.3 is 218 Å². The number of hydrogen-bond acceptors (Lipinski definition) is 46. The summed E-state index contributed by atoms with van der Waals surface area (Å²) < 4.78 is 232. The molecule has 48 heteroatoms. The van der Waals surface area contributed by atoms with Gasteiger partial charge in [0.15, 0.2) is 0 Å². The lowest BCUT2D eigenvalue weighted by molar-refractivity contribution is -0.711. The smallest absolute Gasteiger partial charge is 0.120 e. The van der Waals surface area contributed by atoms with E-state index in [9.17, 15) is 34.0 Å². The summed E-state index contributed by atoms with van der Waals surface area (Å²) in [7, 11) is -7.25. The van der Waals surface area contributed by atoms with Crippen molar-refractivity contribution in [2.24, 2.45) is 0 Å². The predicted octanol–water partition coefficient (Wildman–Crippen LogP) is -4.32. The molecule has 0 aromatic heterocycles. The molecule has 123 heavy (non-hydrogen) atoms. The van der Waals surface area contributed by atoms with Crippen LogP contribution in [0, 0.1) is 0 Å². The minimum atomic E-state index is -6.06. The number of phosphoric ester groups is 2. The van der Waals surface area contributed by atoms with E-state index in [0.717, 1.165) is 0 Å². The molecule has 1 aliphatic carbocycles. The zero-order valence-electron chi connectivity index (χ0n) is 72.8. The molecule has 0 spiro atoms. The molecule has 6 atom stereocenters.